The van der Waals surface area contributed by atoms with Crippen LogP contribution in [0.25, 0.3) is 0 Å². The maximum atomic E-state index is 11.3. The first-order valence-electron chi connectivity index (χ1n) is 5.27. The molecule has 3 N–H and O–H groups in total. The van der Waals surface area contributed by atoms with E-state index in [0.717, 1.165) is 12.8 Å². The van der Waals surface area contributed by atoms with Gasteiger partial charge in [-0.1, -0.05) is 18.9 Å². The average Bonchev–Trinajstić information content (AvgIpc) is 2.56. The smallest absolute Gasteiger partial charge is 0.260 e. The Balaban J connectivity index is 0.00000112. The van der Waals surface area contributed by atoms with Gasteiger partial charge in [-0.05, 0) is 12.8 Å². The van der Waals surface area contributed by atoms with Gasteiger partial charge in [0.2, 0.25) is 0 Å². The van der Waals surface area contributed by atoms with Crippen molar-refractivity contribution < 1.29 is 4.79 Å². The third-order valence-corrected chi connectivity index (χ3v) is 2.96. The second kappa shape index (κ2) is 5.49. The highest BCUT2D eigenvalue weighted by Crippen LogP contribution is 2.17. The minimum Gasteiger partial charge on any atom is -0.326 e. The van der Waals surface area contributed by atoms with Crippen molar-refractivity contribution in [1.82, 2.24) is 10.4 Å². The van der Waals surface area contributed by atoms with Crippen LogP contribution in [0.4, 0.5) is 0 Å². The summed E-state index contributed by atoms with van der Waals surface area (Å²) < 4.78 is 0. The fourth-order valence-corrected chi connectivity index (χ4v) is 2.08. The highest BCUT2D eigenvalue weighted by Gasteiger charge is 2.25. The predicted octanol–water partition coefficient (Wildman–Crippen LogP) is 0.581. The summed E-state index contributed by atoms with van der Waals surface area (Å²) in [4.78, 5) is 11.3. The van der Waals surface area contributed by atoms with Gasteiger partial charge in [0.1, 0.15) is 0 Å². The highest BCUT2D eigenvalue weighted by molar-refractivity contribution is 5.89. The summed E-state index contributed by atoms with van der Waals surface area (Å²) in [5.74, 6) is 0.0442. The molecule has 86 valence electrons. The van der Waals surface area contributed by atoms with Crippen LogP contribution in [0.5, 0.6) is 0 Å². The minimum absolute atomic E-state index is 0. The molecule has 0 saturated heterocycles. The number of carbonyl (C=O) groups is 1. The van der Waals surface area contributed by atoms with Crippen LogP contribution in [0.15, 0.2) is 12.2 Å². The molecular weight excluding hydrogens is 214 g/mol. The number of amides is 1. The molecule has 1 aliphatic heterocycles. The van der Waals surface area contributed by atoms with Crippen molar-refractivity contribution in [3.63, 3.8) is 0 Å². The highest BCUT2D eigenvalue weighted by atomic mass is 35.5. The van der Waals surface area contributed by atoms with Gasteiger partial charge in [0.05, 0.1) is 6.54 Å². The normalized spacial score (nSPS) is 30.5. The molecule has 0 spiro atoms. The summed E-state index contributed by atoms with van der Waals surface area (Å²) in [5.41, 5.74) is 9.20. The van der Waals surface area contributed by atoms with Gasteiger partial charge in [-0.2, -0.15) is 0 Å². The summed E-state index contributed by atoms with van der Waals surface area (Å²) in [7, 11) is 0. The van der Waals surface area contributed by atoms with Crippen LogP contribution in [-0.4, -0.2) is 29.5 Å². The zero-order valence-corrected chi connectivity index (χ0v) is 9.50. The molecule has 0 unspecified atom stereocenters. The summed E-state index contributed by atoms with van der Waals surface area (Å²) in [6.45, 7) is 0.669. The van der Waals surface area contributed by atoms with Crippen molar-refractivity contribution in [2.75, 3.05) is 6.54 Å². The molecule has 15 heavy (non-hydrogen) atoms. The van der Waals surface area contributed by atoms with E-state index < -0.39 is 0 Å². The number of hydrazine groups is 1. The van der Waals surface area contributed by atoms with E-state index in [1.807, 2.05) is 6.08 Å². The molecule has 5 heteroatoms. The zero-order valence-electron chi connectivity index (χ0n) is 8.69. The van der Waals surface area contributed by atoms with Crippen LogP contribution < -0.4 is 11.2 Å². The molecule has 1 aliphatic carbocycles. The van der Waals surface area contributed by atoms with Crippen LogP contribution in [0, 0.1) is 0 Å². The van der Waals surface area contributed by atoms with Crippen molar-refractivity contribution >= 4 is 18.3 Å². The third kappa shape index (κ3) is 2.93. The number of nitrogens with two attached hydrogens (primary N) is 1. The maximum absolute atomic E-state index is 11.3. The van der Waals surface area contributed by atoms with E-state index >= 15 is 0 Å². The number of hydrogen-bond donors (Lipinski definition) is 2. The molecule has 4 nitrogen and oxygen atoms in total. The lowest BCUT2D eigenvalue weighted by atomic mass is 9.91. The van der Waals surface area contributed by atoms with Crippen molar-refractivity contribution in [3.05, 3.63) is 12.2 Å². The number of nitrogens with zero attached hydrogens (tertiary/aromatic N) is 1. The van der Waals surface area contributed by atoms with E-state index in [-0.39, 0.29) is 30.4 Å². The Morgan fingerprint density at radius 3 is 2.73 bits per heavy atom. The fraction of sp³-hybridized carbons (Fsp3) is 0.700. The number of hydrogen-bond acceptors (Lipinski definition) is 3. The summed E-state index contributed by atoms with van der Waals surface area (Å²) in [6.07, 6.45) is 8.02. The first-order chi connectivity index (χ1) is 6.77. The first kappa shape index (κ1) is 12.5. The Labute approximate surface area is 96.3 Å². The van der Waals surface area contributed by atoms with Crippen molar-refractivity contribution in [2.24, 2.45) is 5.73 Å². The number of halogens is 1. The number of nitrogens with one attached hydrogen (secondary N) is 1. The molecule has 0 aromatic carbocycles. The van der Waals surface area contributed by atoms with Crippen LogP contribution in [0.1, 0.15) is 25.7 Å². The number of carbonyl (C=O) groups excluding carboxylic acids is 1. The fourth-order valence-electron chi connectivity index (χ4n) is 2.08. The molecule has 1 amide bonds. The molecule has 2 rings (SSSR count). The molecule has 1 fully saturated rings. The lowest BCUT2D eigenvalue weighted by Gasteiger charge is -2.32. The zero-order chi connectivity index (χ0) is 9.97. The van der Waals surface area contributed by atoms with Gasteiger partial charge in [-0.15, -0.1) is 12.4 Å². The largest absolute Gasteiger partial charge is 0.326 e. The van der Waals surface area contributed by atoms with Gasteiger partial charge in [0.15, 0.2) is 0 Å². The summed E-state index contributed by atoms with van der Waals surface area (Å²) >= 11 is 0. The molecule has 1 heterocycles. The van der Waals surface area contributed by atoms with Crippen molar-refractivity contribution in [3.8, 4) is 0 Å². The van der Waals surface area contributed by atoms with Gasteiger partial charge in [-0.25, -0.2) is 5.43 Å². The molecule has 2 atom stereocenters. The Morgan fingerprint density at radius 1 is 1.40 bits per heavy atom. The summed E-state index contributed by atoms with van der Waals surface area (Å²) in [5, 5.41) is 1.65. The second-order valence-corrected chi connectivity index (χ2v) is 4.04. The van der Waals surface area contributed by atoms with E-state index in [2.05, 4.69) is 5.43 Å². The molecule has 2 aliphatic rings. The van der Waals surface area contributed by atoms with Gasteiger partial charge in [0, 0.05) is 18.2 Å². The van der Waals surface area contributed by atoms with Gasteiger partial charge < -0.3 is 5.73 Å². The van der Waals surface area contributed by atoms with Gasteiger partial charge >= 0.3 is 0 Å². The number of rotatable bonds is 2. The Morgan fingerprint density at radius 2 is 2.13 bits per heavy atom. The lowest BCUT2D eigenvalue weighted by molar-refractivity contribution is -0.128. The molecule has 0 aromatic rings. The molecule has 0 aromatic heterocycles. The Kier molecular flexibility index (Phi) is 4.57. The maximum Gasteiger partial charge on any atom is 0.260 e. The monoisotopic (exact) mass is 231 g/mol. The van der Waals surface area contributed by atoms with E-state index in [0.29, 0.717) is 6.54 Å². The predicted molar refractivity (Wildman–Crippen MR) is 61.5 cm³/mol. The van der Waals surface area contributed by atoms with Crippen molar-refractivity contribution in [2.45, 2.75) is 37.8 Å². The van der Waals surface area contributed by atoms with Crippen LogP contribution in [0.3, 0.4) is 0 Å². The Hall–Kier alpha value is -0.580. The second-order valence-electron chi connectivity index (χ2n) is 4.04. The van der Waals surface area contributed by atoms with Crippen LogP contribution in [-0.2, 0) is 4.79 Å². The van der Waals surface area contributed by atoms with E-state index in [4.69, 9.17) is 5.73 Å². The topological polar surface area (TPSA) is 58.4 Å². The molecule has 0 radical (unpaired) electrons. The van der Waals surface area contributed by atoms with Crippen LogP contribution in [0.2, 0.25) is 0 Å². The van der Waals surface area contributed by atoms with E-state index in [1.54, 1.807) is 11.1 Å². The van der Waals surface area contributed by atoms with Crippen LogP contribution >= 0.6 is 12.4 Å². The van der Waals surface area contributed by atoms with Gasteiger partial charge in [-0.3, -0.25) is 9.80 Å². The van der Waals surface area contributed by atoms with E-state index in [1.165, 1.54) is 12.8 Å². The third-order valence-electron chi connectivity index (χ3n) is 2.96. The standard InChI is InChI=1S/C10H17N3O.ClH/c11-8-4-1-2-5-9(8)12-13-7-3-6-10(13)14;/h3,6,8-9,12H,1-2,4-5,7,11H2;1H/t8-,9-;/m1./s1. The average molecular weight is 232 g/mol. The lowest BCUT2D eigenvalue weighted by Crippen LogP contribution is -2.54. The van der Waals surface area contributed by atoms with E-state index in [9.17, 15) is 4.79 Å². The minimum atomic E-state index is 0. The quantitative estimate of drug-likeness (QED) is 0.731. The molecule has 1 saturated carbocycles. The molecule has 0 bridgehead atoms. The molecular formula is C10H18ClN3O. The van der Waals surface area contributed by atoms with Gasteiger partial charge in [0.25, 0.3) is 5.91 Å². The first-order valence-corrected chi connectivity index (χ1v) is 5.27. The SMILES string of the molecule is Cl.N[C@@H]1CCCC[C@H]1NN1CC=CC1=O. The Bertz CT molecular complexity index is 257. The van der Waals surface area contributed by atoms with Crippen molar-refractivity contribution in [1.29, 1.82) is 0 Å². The summed E-state index contributed by atoms with van der Waals surface area (Å²) in [6, 6.07) is 0.463.